The molecule has 1 aliphatic carbocycles. The molecule has 0 saturated heterocycles. The first-order valence-corrected chi connectivity index (χ1v) is 5.35. The number of carboxylic acids is 1. The number of carboxylic acid groups (broad SMARTS) is 1. The maximum atomic E-state index is 11.0. The van der Waals surface area contributed by atoms with E-state index < -0.39 is 5.97 Å². The van der Waals surface area contributed by atoms with Crippen molar-refractivity contribution in [2.75, 3.05) is 5.32 Å². The Morgan fingerprint density at radius 1 is 1.44 bits per heavy atom. The van der Waals surface area contributed by atoms with Crippen molar-refractivity contribution in [2.24, 2.45) is 0 Å². The largest absolute Gasteiger partial charge is 0.475 e. The van der Waals surface area contributed by atoms with Crippen LogP contribution >= 0.6 is 0 Å². The fraction of sp³-hybridized carbons (Fsp3) is 0.700. The van der Waals surface area contributed by atoms with Crippen LogP contribution in [0.1, 0.15) is 44.2 Å². The second-order valence-electron chi connectivity index (χ2n) is 5.08. The third kappa shape index (κ3) is 2.00. The van der Waals surface area contributed by atoms with Gasteiger partial charge in [-0.1, -0.05) is 0 Å². The Morgan fingerprint density at radius 2 is 2.06 bits per heavy atom. The molecule has 1 aromatic heterocycles. The molecule has 0 unspecified atom stereocenters. The minimum Gasteiger partial charge on any atom is -0.475 e. The van der Waals surface area contributed by atoms with E-state index in [4.69, 9.17) is 5.11 Å². The van der Waals surface area contributed by atoms with E-state index >= 15 is 0 Å². The summed E-state index contributed by atoms with van der Waals surface area (Å²) in [4.78, 5) is 11.0. The first kappa shape index (κ1) is 10.9. The summed E-state index contributed by atoms with van der Waals surface area (Å²) in [6.07, 6.45) is 2.22. The highest BCUT2D eigenvalue weighted by Gasteiger charge is 2.30. The molecule has 0 amide bonds. The maximum Gasteiger partial charge on any atom is 0.374 e. The molecule has 0 atom stereocenters. The molecule has 1 saturated carbocycles. The van der Waals surface area contributed by atoms with Gasteiger partial charge < -0.3 is 10.4 Å². The minimum absolute atomic E-state index is 0.0179. The Hall–Kier alpha value is -1.59. The SMILES string of the molecule is CC(C)(C)n1c(NC2CC2)nnc1C(=O)O. The minimum atomic E-state index is -1.05. The Labute approximate surface area is 93.7 Å². The summed E-state index contributed by atoms with van der Waals surface area (Å²) < 4.78 is 1.63. The van der Waals surface area contributed by atoms with E-state index in [0.717, 1.165) is 12.8 Å². The molecule has 2 rings (SSSR count). The van der Waals surface area contributed by atoms with E-state index in [1.165, 1.54) is 0 Å². The quantitative estimate of drug-likeness (QED) is 0.809. The molecule has 1 aliphatic rings. The van der Waals surface area contributed by atoms with Gasteiger partial charge >= 0.3 is 5.97 Å². The second kappa shape index (κ2) is 3.47. The van der Waals surface area contributed by atoms with Gasteiger partial charge in [0.1, 0.15) is 0 Å². The van der Waals surface area contributed by atoms with Crippen molar-refractivity contribution in [3.05, 3.63) is 5.82 Å². The van der Waals surface area contributed by atoms with Gasteiger partial charge in [0.25, 0.3) is 0 Å². The molecule has 6 nitrogen and oxygen atoms in total. The van der Waals surface area contributed by atoms with Gasteiger partial charge in [0.15, 0.2) is 0 Å². The molecule has 16 heavy (non-hydrogen) atoms. The first-order chi connectivity index (χ1) is 7.39. The lowest BCUT2D eigenvalue weighted by atomic mass is 10.1. The van der Waals surface area contributed by atoms with Gasteiger partial charge in [0.2, 0.25) is 11.8 Å². The molecule has 0 aromatic carbocycles. The first-order valence-electron chi connectivity index (χ1n) is 5.35. The zero-order chi connectivity index (χ0) is 11.9. The van der Waals surface area contributed by atoms with Gasteiger partial charge in [-0.2, -0.15) is 0 Å². The van der Waals surface area contributed by atoms with Crippen LogP contribution < -0.4 is 5.32 Å². The summed E-state index contributed by atoms with van der Waals surface area (Å²) in [5.74, 6) is -0.519. The highest BCUT2D eigenvalue weighted by atomic mass is 16.4. The van der Waals surface area contributed by atoms with Crippen LogP contribution in [0.2, 0.25) is 0 Å². The van der Waals surface area contributed by atoms with Crippen molar-refractivity contribution in [1.29, 1.82) is 0 Å². The van der Waals surface area contributed by atoms with Crippen molar-refractivity contribution in [3.63, 3.8) is 0 Å². The number of hydrogen-bond donors (Lipinski definition) is 2. The number of rotatable bonds is 3. The molecule has 1 aromatic rings. The van der Waals surface area contributed by atoms with Crippen LogP contribution in [0.5, 0.6) is 0 Å². The molecular weight excluding hydrogens is 208 g/mol. The van der Waals surface area contributed by atoms with Crippen molar-refractivity contribution >= 4 is 11.9 Å². The summed E-state index contributed by atoms with van der Waals surface area (Å²) in [5, 5.41) is 19.9. The smallest absolute Gasteiger partial charge is 0.374 e. The fourth-order valence-electron chi connectivity index (χ4n) is 1.56. The van der Waals surface area contributed by atoms with E-state index in [1.807, 2.05) is 20.8 Å². The number of nitrogens with zero attached hydrogens (tertiary/aromatic N) is 3. The summed E-state index contributed by atoms with van der Waals surface area (Å²) >= 11 is 0. The van der Waals surface area contributed by atoms with Gasteiger partial charge in [-0.3, -0.25) is 4.57 Å². The third-order valence-electron chi connectivity index (χ3n) is 2.44. The molecule has 2 N–H and O–H groups in total. The topological polar surface area (TPSA) is 80.0 Å². The molecule has 0 bridgehead atoms. The molecular formula is C10H16N4O2. The average Bonchev–Trinajstić information content (AvgIpc) is 2.79. The zero-order valence-corrected chi connectivity index (χ0v) is 9.69. The third-order valence-corrected chi connectivity index (χ3v) is 2.44. The number of carbonyl (C=O) groups is 1. The standard InChI is InChI=1S/C10H16N4O2/c1-10(2,3)14-7(8(15)16)12-13-9(14)11-6-4-5-6/h6H,4-5H2,1-3H3,(H,11,13)(H,15,16). The fourth-order valence-corrected chi connectivity index (χ4v) is 1.56. The lowest BCUT2D eigenvalue weighted by molar-refractivity contribution is 0.0671. The van der Waals surface area contributed by atoms with Crippen LogP contribution in [-0.2, 0) is 5.54 Å². The number of aromatic nitrogens is 3. The monoisotopic (exact) mass is 224 g/mol. The van der Waals surface area contributed by atoms with Gasteiger partial charge in [0.05, 0.1) is 0 Å². The Bertz CT molecular complexity index is 415. The normalized spacial score (nSPS) is 16.2. The van der Waals surface area contributed by atoms with Gasteiger partial charge in [-0.25, -0.2) is 4.79 Å². The van der Waals surface area contributed by atoms with Crippen LogP contribution in [-0.4, -0.2) is 31.9 Å². The van der Waals surface area contributed by atoms with Crippen LogP contribution in [0.4, 0.5) is 5.95 Å². The van der Waals surface area contributed by atoms with Gasteiger partial charge in [-0.05, 0) is 33.6 Å². The predicted octanol–water partition coefficient (Wildman–Crippen LogP) is 1.31. The van der Waals surface area contributed by atoms with Crippen LogP contribution in [0, 0.1) is 0 Å². The molecule has 0 radical (unpaired) electrons. The molecule has 0 spiro atoms. The summed E-state index contributed by atoms with van der Waals surface area (Å²) in [6, 6.07) is 0.423. The van der Waals surface area contributed by atoms with Crippen molar-refractivity contribution in [1.82, 2.24) is 14.8 Å². The number of aromatic carboxylic acids is 1. The van der Waals surface area contributed by atoms with E-state index in [1.54, 1.807) is 4.57 Å². The highest BCUT2D eigenvalue weighted by molar-refractivity contribution is 5.84. The summed E-state index contributed by atoms with van der Waals surface area (Å²) in [5.41, 5.74) is -0.353. The Morgan fingerprint density at radius 3 is 2.50 bits per heavy atom. The van der Waals surface area contributed by atoms with Gasteiger partial charge in [0, 0.05) is 11.6 Å². The van der Waals surface area contributed by atoms with Crippen LogP contribution in [0.15, 0.2) is 0 Å². The van der Waals surface area contributed by atoms with Crippen LogP contribution in [0.25, 0.3) is 0 Å². The Kier molecular flexibility index (Phi) is 2.36. The molecule has 1 fully saturated rings. The Balaban J connectivity index is 2.40. The van der Waals surface area contributed by atoms with Crippen molar-refractivity contribution in [2.45, 2.75) is 45.2 Å². The summed E-state index contributed by atoms with van der Waals surface area (Å²) in [6.45, 7) is 5.79. The number of anilines is 1. The van der Waals surface area contributed by atoms with E-state index in [0.29, 0.717) is 12.0 Å². The number of hydrogen-bond acceptors (Lipinski definition) is 4. The molecule has 6 heteroatoms. The zero-order valence-electron chi connectivity index (χ0n) is 9.69. The second-order valence-corrected chi connectivity index (χ2v) is 5.08. The van der Waals surface area contributed by atoms with E-state index in [2.05, 4.69) is 15.5 Å². The highest BCUT2D eigenvalue weighted by Crippen LogP contribution is 2.27. The predicted molar refractivity (Wildman–Crippen MR) is 58.6 cm³/mol. The lowest BCUT2D eigenvalue weighted by Gasteiger charge is -2.23. The number of nitrogens with one attached hydrogen (secondary N) is 1. The maximum absolute atomic E-state index is 11.0. The van der Waals surface area contributed by atoms with Crippen molar-refractivity contribution in [3.8, 4) is 0 Å². The van der Waals surface area contributed by atoms with E-state index in [-0.39, 0.29) is 11.4 Å². The van der Waals surface area contributed by atoms with Gasteiger partial charge in [-0.15, -0.1) is 10.2 Å². The van der Waals surface area contributed by atoms with Crippen molar-refractivity contribution < 1.29 is 9.90 Å². The average molecular weight is 224 g/mol. The lowest BCUT2D eigenvalue weighted by Crippen LogP contribution is -2.28. The van der Waals surface area contributed by atoms with Crippen LogP contribution in [0.3, 0.4) is 0 Å². The van der Waals surface area contributed by atoms with E-state index in [9.17, 15) is 4.79 Å². The molecule has 1 heterocycles. The molecule has 88 valence electrons. The summed E-state index contributed by atoms with van der Waals surface area (Å²) in [7, 11) is 0. The molecule has 0 aliphatic heterocycles.